The molecule has 3 heterocycles. The second-order valence-corrected chi connectivity index (χ2v) is 9.83. The molecule has 0 saturated carbocycles. The number of likely N-dealkylation sites (tertiary alicyclic amines) is 1. The van der Waals surface area contributed by atoms with Crippen LogP contribution in [0.5, 0.6) is 5.75 Å². The Hall–Kier alpha value is -3.55. The highest BCUT2D eigenvalue weighted by molar-refractivity contribution is 5.90. The molecule has 38 heavy (non-hydrogen) atoms. The Kier molecular flexibility index (Phi) is 8.92. The summed E-state index contributed by atoms with van der Waals surface area (Å²) in [5, 5.41) is 36.2. The molecule has 0 spiro atoms. The number of amides is 3. The Labute approximate surface area is 220 Å². The van der Waals surface area contributed by atoms with E-state index in [0.717, 1.165) is 5.56 Å². The van der Waals surface area contributed by atoms with Crippen molar-refractivity contribution in [1.29, 1.82) is 0 Å². The topological polar surface area (TPSA) is 171 Å². The highest BCUT2D eigenvalue weighted by atomic mass is 16.5. The molecule has 0 unspecified atom stereocenters. The highest BCUT2D eigenvalue weighted by Crippen LogP contribution is 2.23. The lowest BCUT2D eigenvalue weighted by atomic mass is 10.1. The predicted molar refractivity (Wildman–Crippen MR) is 135 cm³/mol. The number of aliphatic hydroxyl groups is 2. The van der Waals surface area contributed by atoms with Crippen molar-refractivity contribution in [3.05, 3.63) is 41.7 Å². The van der Waals surface area contributed by atoms with Crippen LogP contribution < -0.4 is 20.7 Å². The van der Waals surface area contributed by atoms with Gasteiger partial charge >= 0.3 is 0 Å². The molecule has 0 aliphatic carbocycles. The van der Waals surface area contributed by atoms with Crippen molar-refractivity contribution in [2.45, 2.75) is 69.5 Å². The molecule has 5 N–H and O–H groups in total. The number of benzene rings is 1. The van der Waals surface area contributed by atoms with Gasteiger partial charge in [0, 0.05) is 31.7 Å². The third-order valence-corrected chi connectivity index (χ3v) is 6.89. The summed E-state index contributed by atoms with van der Waals surface area (Å²) in [6.45, 7) is 2.61. The molecule has 2 aliphatic heterocycles. The average Bonchev–Trinajstić information content (AvgIpc) is 3.49. The summed E-state index contributed by atoms with van der Waals surface area (Å²) in [6, 6.07) is 4.93. The largest absolute Gasteiger partial charge is 0.497 e. The van der Waals surface area contributed by atoms with Crippen LogP contribution in [0.2, 0.25) is 0 Å². The summed E-state index contributed by atoms with van der Waals surface area (Å²) in [5.41, 5.74) is 1.40. The maximum atomic E-state index is 13.6. The fourth-order valence-corrected chi connectivity index (χ4v) is 4.87. The molecule has 1 aromatic carbocycles. The first-order chi connectivity index (χ1) is 18.2. The van der Waals surface area contributed by atoms with Gasteiger partial charge in [-0.3, -0.25) is 19.3 Å². The number of hydrogen-bond acceptors (Lipinski definition) is 9. The summed E-state index contributed by atoms with van der Waals surface area (Å²) in [5.74, 6) is -0.499. The van der Waals surface area contributed by atoms with Crippen LogP contribution in [0.25, 0.3) is 0 Å². The van der Waals surface area contributed by atoms with E-state index >= 15 is 0 Å². The number of aromatic nitrogens is 3. The van der Waals surface area contributed by atoms with Crippen molar-refractivity contribution in [2.75, 3.05) is 20.3 Å². The number of methoxy groups -OCH3 is 1. The smallest absolute Gasteiger partial charge is 0.243 e. The highest BCUT2D eigenvalue weighted by Gasteiger charge is 2.40. The van der Waals surface area contributed by atoms with E-state index in [0.29, 0.717) is 31.0 Å². The van der Waals surface area contributed by atoms with Crippen LogP contribution in [0.4, 0.5) is 0 Å². The first-order valence-electron chi connectivity index (χ1n) is 12.7. The number of nitrogens with zero attached hydrogens (tertiary/aromatic N) is 4. The van der Waals surface area contributed by atoms with Gasteiger partial charge in [-0.25, -0.2) is 4.68 Å². The Balaban J connectivity index is 1.59. The summed E-state index contributed by atoms with van der Waals surface area (Å²) in [7, 11) is 1.59. The van der Waals surface area contributed by atoms with E-state index in [1.807, 2.05) is 29.2 Å². The number of aliphatic hydroxyl groups excluding tert-OH is 2. The van der Waals surface area contributed by atoms with E-state index in [9.17, 15) is 19.5 Å². The number of nitrogens with one attached hydrogen (secondary N) is 3. The van der Waals surface area contributed by atoms with E-state index in [-0.39, 0.29) is 43.8 Å². The van der Waals surface area contributed by atoms with Gasteiger partial charge in [-0.2, -0.15) is 0 Å². The maximum Gasteiger partial charge on any atom is 0.243 e. The molecule has 13 nitrogen and oxygen atoms in total. The van der Waals surface area contributed by atoms with Crippen molar-refractivity contribution in [3.8, 4) is 5.75 Å². The number of carbonyl (C=O) groups excluding carboxylic acids is 3. The van der Waals surface area contributed by atoms with Crippen LogP contribution in [-0.4, -0.2) is 98.4 Å². The quantitative estimate of drug-likeness (QED) is 0.281. The van der Waals surface area contributed by atoms with Gasteiger partial charge in [0.2, 0.25) is 17.7 Å². The first-order valence-corrected chi connectivity index (χ1v) is 12.7. The molecule has 4 rings (SSSR count). The van der Waals surface area contributed by atoms with E-state index in [1.54, 1.807) is 20.2 Å². The van der Waals surface area contributed by atoms with Gasteiger partial charge < -0.3 is 30.9 Å². The summed E-state index contributed by atoms with van der Waals surface area (Å²) in [4.78, 5) is 41.4. The number of carbonyl (C=O) groups is 3. The molecule has 2 aliphatic rings. The van der Waals surface area contributed by atoms with Gasteiger partial charge in [0.05, 0.1) is 50.6 Å². The van der Waals surface area contributed by atoms with Crippen LogP contribution >= 0.6 is 0 Å². The minimum atomic E-state index is -1.11. The fourth-order valence-electron chi connectivity index (χ4n) is 4.87. The van der Waals surface area contributed by atoms with E-state index in [2.05, 4.69) is 26.3 Å². The molecular weight excluding hydrogens is 494 g/mol. The number of fused-ring (bicyclic) bond motifs is 2. The molecule has 5 atom stereocenters. The SMILES string of the molecule is COc1cccc(CN2C[C@H]3C[C@H]2C(=O)N[C@H](Cc2cn(CCO)nn2)C(=O)N[C@@H](C)[C@@H](O)CC(=O)N3)c1. The Bertz CT molecular complexity index is 1140. The van der Waals surface area contributed by atoms with Gasteiger partial charge in [-0.15, -0.1) is 5.10 Å². The molecule has 2 fully saturated rings. The van der Waals surface area contributed by atoms with Gasteiger partial charge in [-0.05, 0) is 31.0 Å². The lowest BCUT2D eigenvalue weighted by Gasteiger charge is -2.27. The van der Waals surface area contributed by atoms with Crippen LogP contribution in [-0.2, 0) is 33.9 Å². The molecule has 13 heteroatoms. The number of hydrogen-bond donors (Lipinski definition) is 5. The average molecular weight is 530 g/mol. The van der Waals surface area contributed by atoms with Crippen molar-refractivity contribution in [3.63, 3.8) is 0 Å². The Morgan fingerprint density at radius 3 is 2.74 bits per heavy atom. The predicted octanol–water partition coefficient (Wildman–Crippen LogP) is -1.67. The normalized spacial score (nSPS) is 26.9. The monoisotopic (exact) mass is 529 g/mol. The Morgan fingerprint density at radius 2 is 1.97 bits per heavy atom. The van der Waals surface area contributed by atoms with Crippen LogP contribution in [0.3, 0.4) is 0 Å². The van der Waals surface area contributed by atoms with Gasteiger partial charge in [0.25, 0.3) is 0 Å². The molecule has 2 saturated heterocycles. The summed E-state index contributed by atoms with van der Waals surface area (Å²) in [6.07, 6.45) is 0.744. The van der Waals surface area contributed by atoms with Crippen LogP contribution in [0, 0.1) is 0 Å². The van der Waals surface area contributed by atoms with Crippen LogP contribution in [0.1, 0.15) is 31.0 Å². The lowest BCUT2D eigenvalue weighted by Crippen LogP contribution is -2.55. The van der Waals surface area contributed by atoms with E-state index < -0.39 is 30.1 Å². The molecule has 2 bridgehead atoms. The van der Waals surface area contributed by atoms with Crippen LogP contribution in [0.15, 0.2) is 30.5 Å². The van der Waals surface area contributed by atoms with Crippen molar-refractivity contribution >= 4 is 17.7 Å². The molecule has 0 radical (unpaired) electrons. The maximum absolute atomic E-state index is 13.6. The third kappa shape index (κ3) is 6.85. The van der Waals surface area contributed by atoms with Gasteiger partial charge in [0.1, 0.15) is 11.8 Å². The molecular formula is C25H35N7O6. The molecule has 206 valence electrons. The standard InChI is InChI=1S/C25H35N7O6/c1-15-22(34)11-23(35)27-17-10-21(31(13-17)12-16-4-3-5-19(8-16)38-2)25(37)28-20(24(36)26-15)9-18-14-32(6-7-33)30-29-18/h3-5,8,14-15,17,20-22,33-34H,6-7,9-13H2,1-2H3,(H,26,36)(H,27,35)(H,28,37)/t15-,17+,20+,21-,22-/m0/s1. The Morgan fingerprint density at radius 1 is 1.16 bits per heavy atom. The van der Waals surface area contributed by atoms with E-state index in [1.165, 1.54) is 4.68 Å². The molecule has 2 aromatic rings. The zero-order valence-corrected chi connectivity index (χ0v) is 21.5. The number of rotatable bonds is 7. The number of ether oxygens (including phenoxy) is 1. The van der Waals surface area contributed by atoms with Gasteiger partial charge in [0.15, 0.2) is 0 Å². The van der Waals surface area contributed by atoms with Gasteiger partial charge in [-0.1, -0.05) is 17.3 Å². The first kappa shape index (κ1) is 27.5. The van der Waals surface area contributed by atoms with Crippen molar-refractivity contribution in [2.24, 2.45) is 0 Å². The summed E-state index contributed by atoms with van der Waals surface area (Å²) >= 11 is 0. The second-order valence-electron chi connectivity index (χ2n) is 9.83. The molecule has 3 amide bonds. The second kappa shape index (κ2) is 12.3. The summed E-state index contributed by atoms with van der Waals surface area (Å²) < 4.78 is 6.78. The zero-order chi connectivity index (χ0) is 27.2. The lowest BCUT2D eigenvalue weighted by molar-refractivity contribution is -0.132. The molecule has 1 aromatic heterocycles. The minimum absolute atomic E-state index is 0.0645. The fraction of sp³-hybridized carbons (Fsp3) is 0.560. The van der Waals surface area contributed by atoms with E-state index in [4.69, 9.17) is 9.84 Å². The third-order valence-electron chi connectivity index (χ3n) is 6.89. The minimum Gasteiger partial charge on any atom is -0.497 e. The van der Waals surface area contributed by atoms with Crippen molar-refractivity contribution < 1.29 is 29.3 Å². The van der Waals surface area contributed by atoms with Crippen molar-refractivity contribution in [1.82, 2.24) is 35.8 Å². The zero-order valence-electron chi connectivity index (χ0n) is 21.5.